The standard InChI is InChI=1S/C10H20O4/c1-6-14-9(11)10(4,12)7(2)8(3)13-5/h7-8,12H,6H2,1-5H3. The van der Waals surface area contributed by atoms with E-state index in [2.05, 4.69) is 0 Å². The highest BCUT2D eigenvalue weighted by Crippen LogP contribution is 2.23. The van der Waals surface area contributed by atoms with E-state index < -0.39 is 11.6 Å². The fourth-order valence-corrected chi connectivity index (χ4v) is 1.12. The van der Waals surface area contributed by atoms with E-state index in [1.54, 1.807) is 27.9 Å². The molecule has 0 saturated carbocycles. The molecule has 0 aromatic heterocycles. The summed E-state index contributed by atoms with van der Waals surface area (Å²) >= 11 is 0. The molecule has 4 nitrogen and oxygen atoms in total. The van der Waals surface area contributed by atoms with Gasteiger partial charge in [-0.3, -0.25) is 0 Å². The van der Waals surface area contributed by atoms with Crippen molar-refractivity contribution >= 4 is 5.97 Å². The Morgan fingerprint density at radius 1 is 1.50 bits per heavy atom. The summed E-state index contributed by atoms with van der Waals surface area (Å²) in [5.74, 6) is -0.914. The van der Waals surface area contributed by atoms with Crippen LogP contribution in [0.2, 0.25) is 0 Å². The molecular formula is C10H20O4. The predicted octanol–water partition coefficient (Wildman–Crippen LogP) is 0.972. The molecule has 0 heterocycles. The molecule has 3 atom stereocenters. The first kappa shape index (κ1) is 13.4. The maximum atomic E-state index is 11.4. The van der Waals surface area contributed by atoms with Crippen LogP contribution in [0.25, 0.3) is 0 Å². The van der Waals surface area contributed by atoms with Gasteiger partial charge in [-0.1, -0.05) is 6.92 Å². The lowest BCUT2D eigenvalue weighted by atomic mass is 9.87. The van der Waals surface area contributed by atoms with E-state index in [0.717, 1.165) is 0 Å². The van der Waals surface area contributed by atoms with Crippen LogP contribution in [-0.2, 0) is 14.3 Å². The van der Waals surface area contributed by atoms with Gasteiger partial charge in [0.2, 0.25) is 0 Å². The van der Waals surface area contributed by atoms with Gasteiger partial charge in [0, 0.05) is 13.0 Å². The van der Waals surface area contributed by atoms with Crippen molar-refractivity contribution < 1.29 is 19.4 Å². The van der Waals surface area contributed by atoms with E-state index in [1.807, 2.05) is 0 Å². The SMILES string of the molecule is CCOC(=O)C(C)(O)C(C)C(C)OC. The molecule has 0 aliphatic heterocycles. The van der Waals surface area contributed by atoms with Crippen molar-refractivity contribution in [3.63, 3.8) is 0 Å². The minimum absolute atomic E-state index is 0.200. The van der Waals surface area contributed by atoms with E-state index in [9.17, 15) is 9.90 Å². The van der Waals surface area contributed by atoms with Crippen molar-refractivity contribution in [2.75, 3.05) is 13.7 Å². The van der Waals surface area contributed by atoms with E-state index in [0.29, 0.717) is 0 Å². The van der Waals surface area contributed by atoms with Crippen LogP contribution < -0.4 is 0 Å². The van der Waals surface area contributed by atoms with Crippen LogP contribution in [0.3, 0.4) is 0 Å². The van der Waals surface area contributed by atoms with Crippen molar-refractivity contribution in [3.8, 4) is 0 Å². The highest BCUT2D eigenvalue weighted by Gasteiger charge is 2.40. The zero-order chi connectivity index (χ0) is 11.4. The number of carbonyl (C=O) groups excluding carboxylic acids is 1. The zero-order valence-electron chi connectivity index (χ0n) is 9.53. The third-order valence-electron chi connectivity index (χ3n) is 2.65. The highest BCUT2D eigenvalue weighted by molar-refractivity contribution is 5.79. The minimum Gasteiger partial charge on any atom is -0.464 e. The maximum Gasteiger partial charge on any atom is 0.338 e. The Kier molecular flexibility index (Phi) is 5.08. The number of ether oxygens (including phenoxy) is 2. The maximum absolute atomic E-state index is 11.4. The molecule has 0 spiro atoms. The van der Waals surface area contributed by atoms with Gasteiger partial charge in [-0.15, -0.1) is 0 Å². The van der Waals surface area contributed by atoms with Gasteiger partial charge >= 0.3 is 5.97 Å². The van der Waals surface area contributed by atoms with Gasteiger partial charge in [-0.2, -0.15) is 0 Å². The van der Waals surface area contributed by atoms with Crippen LogP contribution in [0.1, 0.15) is 27.7 Å². The molecule has 1 N–H and O–H groups in total. The molecule has 0 aromatic rings. The average molecular weight is 204 g/mol. The number of aliphatic hydroxyl groups is 1. The van der Waals surface area contributed by atoms with Crippen LogP contribution in [-0.4, -0.2) is 36.5 Å². The first-order valence-corrected chi connectivity index (χ1v) is 4.80. The van der Waals surface area contributed by atoms with Crippen molar-refractivity contribution in [3.05, 3.63) is 0 Å². The summed E-state index contributed by atoms with van der Waals surface area (Å²) in [6.07, 6.45) is -0.200. The lowest BCUT2D eigenvalue weighted by Crippen LogP contribution is -2.47. The topological polar surface area (TPSA) is 55.8 Å². The van der Waals surface area contributed by atoms with Crippen LogP contribution >= 0.6 is 0 Å². The van der Waals surface area contributed by atoms with Gasteiger partial charge in [-0.05, 0) is 20.8 Å². The summed E-state index contributed by atoms with van der Waals surface area (Å²) in [5.41, 5.74) is -1.49. The molecule has 14 heavy (non-hydrogen) atoms. The lowest BCUT2D eigenvalue weighted by molar-refractivity contribution is -0.173. The number of methoxy groups -OCH3 is 1. The third kappa shape index (κ3) is 2.96. The molecule has 0 fully saturated rings. The highest BCUT2D eigenvalue weighted by atomic mass is 16.5. The smallest absolute Gasteiger partial charge is 0.338 e. The first-order valence-electron chi connectivity index (χ1n) is 4.80. The Hall–Kier alpha value is -0.610. The summed E-state index contributed by atoms with van der Waals surface area (Å²) in [4.78, 5) is 11.4. The van der Waals surface area contributed by atoms with Crippen LogP contribution in [0.4, 0.5) is 0 Å². The third-order valence-corrected chi connectivity index (χ3v) is 2.65. The van der Waals surface area contributed by atoms with Crippen LogP contribution in [0, 0.1) is 5.92 Å². The van der Waals surface area contributed by atoms with Gasteiger partial charge in [0.25, 0.3) is 0 Å². The molecule has 0 aliphatic carbocycles. The molecule has 84 valence electrons. The van der Waals surface area contributed by atoms with E-state index in [-0.39, 0.29) is 18.6 Å². The molecule has 0 aliphatic rings. The quantitative estimate of drug-likeness (QED) is 0.678. The molecule has 4 heteroatoms. The van der Waals surface area contributed by atoms with E-state index in [4.69, 9.17) is 9.47 Å². The van der Waals surface area contributed by atoms with E-state index >= 15 is 0 Å². The minimum atomic E-state index is -1.49. The summed E-state index contributed by atoms with van der Waals surface area (Å²) in [6.45, 7) is 6.98. The van der Waals surface area contributed by atoms with Crippen molar-refractivity contribution in [2.45, 2.75) is 39.4 Å². The van der Waals surface area contributed by atoms with Crippen molar-refractivity contribution in [2.24, 2.45) is 5.92 Å². The monoisotopic (exact) mass is 204 g/mol. The Morgan fingerprint density at radius 3 is 2.36 bits per heavy atom. The molecular weight excluding hydrogens is 184 g/mol. The summed E-state index contributed by atoms with van der Waals surface area (Å²) in [5, 5.41) is 9.93. The first-order chi connectivity index (χ1) is 6.37. The fourth-order valence-electron chi connectivity index (χ4n) is 1.12. The number of hydrogen-bond donors (Lipinski definition) is 1. The Labute approximate surface area is 85.2 Å². The second-order valence-electron chi connectivity index (χ2n) is 3.60. The summed E-state index contributed by atoms with van der Waals surface area (Å²) in [7, 11) is 1.54. The number of carbonyl (C=O) groups is 1. The predicted molar refractivity (Wildman–Crippen MR) is 52.9 cm³/mol. The Morgan fingerprint density at radius 2 is 2.00 bits per heavy atom. The summed E-state index contributed by atoms with van der Waals surface area (Å²) in [6, 6.07) is 0. The second kappa shape index (κ2) is 5.32. The average Bonchev–Trinajstić information content (AvgIpc) is 2.15. The molecule has 0 aromatic carbocycles. The molecule has 0 radical (unpaired) electrons. The van der Waals surface area contributed by atoms with Gasteiger partial charge in [-0.25, -0.2) is 4.79 Å². The largest absolute Gasteiger partial charge is 0.464 e. The molecule has 0 saturated heterocycles. The number of rotatable bonds is 5. The fraction of sp³-hybridized carbons (Fsp3) is 0.900. The van der Waals surface area contributed by atoms with Gasteiger partial charge < -0.3 is 14.6 Å². The Balaban J connectivity index is 4.50. The zero-order valence-corrected chi connectivity index (χ0v) is 9.53. The van der Waals surface area contributed by atoms with Crippen LogP contribution in [0.15, 0.2) is 0 Å². The molecule has 0 bridgehead atoms. The lowest BCUT2D eigenvalue weighted by Gasteiger charge is -2.31. The van der Waals surface area contributed by atoms with Gasteiger partial charge in [0.15, 0.2) is 5.60 Å². The van der Waals surface area contributed by atoms with Gasteiger partial charge in [0.1, 0.15) is 0 Å². The van der Waals surface area contributed by atoms with Crippen molar-refractivity contribution in [1.29, 1.82) is 0 Å². The van der Waals surface area contributed by atoms with Gasteiger partial charge in [0.05, 0.1) is 12.7 Å². The summed E-state index contributed by atoms with van der Waals surface area (Å²) < 4.78 is 9.84. The number of esters is 1. The molecule has 0 rings (SSSR count). The molecule has 3 unspecified atom stereocenters. The molecule has 0 amide bonds. The van der Waals surface area contributed by atoms with Crippen LogP contribution in [0.5, 0.6) is 0 Å². The van der Waals surface area contributed by atoms with Crippen molar-refractivity contribution in [1.82, 2.24) is 0 Å². The van der Waals surface area contributed by atoms with E-state index in [1.165, 1.54) is 6.92 Å². The second-order valence-corrected chi connectivity index (χ2v) is 3.60. The number of hydrogen-bond acceptors (Lipinski definition) is 4. The normalized spacial score (nSPS) is 19.6. The Bertz CT molecular complexity index is 189.